The maximum atomic E-state index is 14.2. The minimum absolute atomic E-state index is 0.0318. The molecule has 1 aliphatic heterocycles. The first-order valence-electron chi connectivity index (χ1n) is 13.7. The van der Waals surface area contributed by atoms with Gasteiger partial charge < -0.3 is 15.0 Å². The van der Waals surface area contributed by atoms with Gasteiger partial charge in [-0.1, -0.05) is 101 Å². The first-order chi connectivity index (χ1) is 19.6. The number of carbonyl (C=O) groups excluding carboxylic acids is 2. The number of nitrogens with zero attached hydrogens (tertiary/aromatic N) is 1. The largest absolute Gasteiger partial charge is 0.491 e. The molecule has 5 rings (SSSR count). The van der Waals surface area contributed by atoms with Crippen LogP contribution < -0.4 is 10.1 Å². The lowest BCUT2D eigenvalue weighted by Gasteiger charge is -2.33. The highest BCUT2D eigenvalue weighted by Crippen LogP contribution is 2.24. The van der Waals surface area contributed by atoms with Crippen molar-refractivity contribution >= 4 is 27.7 Å². The SMILES string of the molecule is O=C1NCCCc2ccccc2CN(C(=O)Cc2ccccc2Br)[C@@H](Cc2ccccc2)COc2ccccc21. The lowest BCUT2D eigenvalue weighted by Crippen LogP contribution is -2.45. The van der Waals surface area contributed by atoms with Gasteiger partial charge in [-0.05, 0) is 59.7 Å². The fourth-order valence-corrected chi connectivity index (χ4v) is 5.58. The van der Waals surface area contributed by atoms with Crippen molar-refractivity contribution < 1.29 is 14.3 Å². The molecule has 6 heteroatoms. The Morgan fingerprint density at radius 3 is 2.40 bits per heavy atom. The van der Waals surface area contributed by atoms with E-state index in [1.807, 2.05) is 77.7 Å². The lowest BCUT2D eigenvalue weighted by molar-refractivity contribution is -0.134. The molecule has 40 heavy (non-hydrogen) atoms. The van der Waals surface area contributed by atoms with Crippen LogP contribution in [0.2, 0.25) is 0 Å². The summed E-state index contributed by atoms with van der Waals surface area (Å²) in [5.74, 6) is 0.403. The second-order valence-corrected chi connectivity index (χ2v) is 10.9. The van der Waals surface area contributed by atoms with Gasteiger partial charge in [0.25, 0.3) is 5.91 Å². The van der Waals surface area contributed by atoms with Crippen molar-refractivity contribution in [3.63, 3.8) is 0 Å². The van der Waals surface area contributed by atoms with Crippen molar-refractivity contribution in [2.24, 2.45) is 0 Å². The highest BCUT2D eigenvalue weighted by Gasteiger charge is 2.27. The predicted octanol–water partition coefficient (Wildman–Crippen LogP) is 6.39. The van der Waals surface area contributed by atoms with Crippen LogP contribution in [0.1, 0.15) is 39.0 Å². The summed E-state index contributed by atoms with van der Waals surface area (Å²) in [6.45, 7) is 1.29. The van der Waals surface area contributed by atoms with E-state index in [1.165, 1.54) is 5.56 Å². The van der Waals surface area contributed by atoms with E-state index in [2.05, 4.69) is 45.5 Å². The molecule has 4 aromatic carbocycles. The van der Waals surface area contributed by atoms with Crippen LogP contribution in [-0.4, -0.2) is 35.9 Å². The molecule has 0 bridgehead atoms. The minimum Gasteiger partial charge on any atom is -0.491 e. The Kier molecular flexibility index (Phi) is 9.30. The Morgan fingerprint density at radius 2 is 1.57 bits per heavy atom. The number of amides is 2. The normalized spacial score (nSPS) is 16.1. The van der Waals surface area contributed by atoms with Gasteiger partial charge in [-0.15, -0.1) is 0 Å². The molecule has 0 saturated heterocycles. The van der Waals surface area contributed by atoms with Crippen molar-refractivity contribution in [3.8, 4) is 5.75 Å². The molecule has 5 nitrogen and oxygen atoms in total. The maximum Gasteiger partial charge on any atom is 0.255 e. The van der Waals surface area contributed by atoms with Gasteiger partial charge in [-0.2, -0.15) is 0 Å². The molecule has 0 fully saturated rings. The van der Waals surface area contributed by atoms with Gasteiger partial charge in [-0.25, -0.2) is 0 Å². The standard InChI is InChI=1S/C34H33BrN2O3/c35-31-18-8-6-14-27(31)22-33(38)37-23-28-15-5-4-13-26(28)16-10-20-36-34(39)30-17-7-9-19-32(30)40-24-29(37)21-25-11-2-1-3-12-25/h1-9,11-15,17-19,29H,10,16,20-24H2,(H,36,39)/t29-/m0/s1. The van der Waals surface area contributed by atoms with Crippen molar-refractivity contribution in [3.05, 3.63) is 135 Å². The second kappa shape index (κ2) is 13.4. The van der Waals surface area contributed by atoms with E-state index in [4.69, 9.17) is 4.74 Å². The fourth-order valence-electron chi connectivity index (χ4n) is 5.15. The number of ether oxygens (including phenoxy) is 1. The lowest BCUT2D eigenvalue weighted by atomic mass is 9.99. The van der Waals surface area contributed by atoms with Gasteiger partial charge in [0.2, 0.25) is 5.91 Å². The van der Waals surface area contributed by atoms with Crippen molar-refractivity contribution in [2.75, 3.05) is 13.2 Å². The van der Waals surface area contributed by atoms with Crippen LogP contribution >= 0.6 is 15.9 Å². The smallest absolute Gasteiger partial charge is 0.255 e. The van der Waals surface area contributed by atoms with Crippen LogP contribution in [0.3, 0.4) is 0 Å². The molecule has 1 atom stereocenters. The molecule has 204 valence electrons. The maximum absolute atomic E-state index is 14.2. The van der Waals surface area contributed by atoms with Crippen LogP contribution in [0.5, 0.6) is 5.75 Å². The molecular weight excluding hydrogens is 564 g/mol. The topological polar surface area (TPSA) is 58.6 Å². The quantitative estimate of drug-likeness (QED) is 0.297. The number of hydrogen-bond acceptors (Lipinski definition) is 3. The van der Waals surface area contributed by atoms with Gasteiger partial charge in [0.05, 0.1) is 18.0 Å². The summed E-state index contributed by atoms with van der Waals surface area (Å²) >= 11 is 3.62. The Balaban J connectivity index is 1.55. The zero-order valence-corrected chi connectivity index (χ0v) is 24.0. The molecule has 1 N–H and O–H groups in total. The molecular formula is C34H33BrN2O3. The summed E-state index contributed by atoms with van der Waals surface area (Å²) in [5, 5.41) is 3.05. The molecule has 1 aliphatic rings. The van der Waals surface area contributed by atoms with E-state index in [-0.39, 0.29) is 30.9 Å². The average Bonchev–Trinajstić information content (AvgIpc) is 2.98. The van der Waals surface area contributed by atoms with Crippen LogP contribution in [-0.2, 0) is 30.6 Å². The first kappa shape index (κ1) is 27.7. The Bertz CT molecular complexity index is 1460. The van der Waals surface area contributed by atoms with E-state index in [0.717, 1.165) is 34.0 Å². The Labute approximate surface area is 244 Å². The number of hydrogen-bond donors (Lipinski definition) is 1. The van der Waals surface area contributed by atoms with Crippen molar-refractivity contribution in [1.82, 2.24) is 10.2 Å². The van der Waals surface area contributed by atoms with Gasteiger partial charge in [0.15, 0.2) is 0 Å². The highest BCUT2D eigenvalue weighted by molar-refractivity contribution is 9.10. The monoisotopic (exact) mass is 596 g/mol. The second-order valence-electron chi connectivity index (χ2n) is 10.1. The summed E-state index contributed by atoms with van der Waals surface area (Å²) in [7, 11) is 0. The summed E-state index contributed by atoms with van der Waals surface area (Å²) in [6, 6.07) is 33.4. The third-order valence-electron chi connectivity index (χ3n) is 7.31. The minimum atomic E-state index is -0.260. The molecule has 0 aromatic heterocycles. The van der Waals surface area contributed by atoms with Gasteiger partial charge >= 0.3 is 0 Å². The van der Waals surface area contributed by atoms with Crippen molar-refractivity contribution in [2.45, 2.75) is 38.3 Å². The first-order valence-corrected chi connectivity index (χ1v) is 14.5. The average molecular weight is 598 g/mol. The van der Waals surface area contributed by atoms with Crippen LogP contribution in [0.15, 0.2) is 108 Å². The number of aryl methyl sites for hydroxylation is 1. The summed E-state index contributed by atoms with van der Waals surface area (Å²) in [4.78, 5) is 29.2. The molecule has 1 heterocycles. The van der Waals surface area contributed by atoms with Gasteiger partial charge in [0, 0.05) is 17.6 Å². The molecule has 0 spiro atoms. The third-order valence-corrected chi connectivity index (χ3v) is 8.08. The molecule has 0 aliphatic carbocycles. The van der Waals surface area contributed by atoms with Crippen LogP contribution in [0.4, 0.5) is 0 Å². The van der Waals surface area contributed by atoms with E-state index in [0.29, 0.717) is 30.8 Å². The zero-order chi connectivity index (χ0) is 27.7. The number of rotatable bonds is 4. The summed E-state index contributed by atoms with van der Waals surface area (Å²) < 4.78 is 7.28. The molecule has 2 amide bonds. The number of nitrogens with one attached hydrogen (secondary N) is 1. The third kappa shape index (κ3) is 6.99. The van der Waals surface area contributed by atoms with E-state index >= 15 is 0 Å². The number of carbonyl (C=O) groups is 2. The molecule has 0 unspecified atom stereocenters. The van der Waals surface area contributed by atoms with E-state index in [9.17, 15) is 9.59 Å². The summed E-state index contributed by atoms with van der Waals surface area (Å²) in [5.41, 5.74) is 4.87. The van der Waals surface area contributed by atoms with E-state index < -0.39 is 0 Å². The van der Waals surface area contributed by atoms with Crippen LogP contribution in [0.25, 0.3) is 0 Å². The Morgan fingerprint density at radius 1 is 0.875 bits per heavy atom. The Hall–Kier alpha value is -3.90. The highest BCUT2D eigenvalue weighted by atomic mass is 79.9. The molecule has 0 saturated carbocycles. The van der Waals surface area contributed by atoms with Gasteiger partial charge in [-0.3, -0.25) is 9.59 Å². The number of para-hydroxylation sites is 1. The van der Waals surface area contributed by atoms with Crippen LogP contribution in [0, 0.1) is 0 Å². The van der Waals surface area contributed by atoms with E-state index in [1.54, 1.807) is 6.07 Å². The zero-order valence-electron chi connectivity index (χ0n) is 22.4. The number of benzene rings is 4. The van der Waals surface area contributed by atoms with Crippen molar-refractivity contribution in [1.29, 1.82) is 0 Å². The predicted molar refractivity (Wildman–Crippen MR) is 161 cm³/mol. The molecule has 0 radical (unpaired) electrons. The number of halogens is 1. The molecule has 4 aromatic rings. The number of fused-ring (bicyclic) bond motifs is 2. The summed E-state index contributed by atoms with van der Waals surface area (Å²) in [6.07, 6.45) is 2.50. The van der Waals surface area contributed by atoms with Gasteiger partial charge in [0.1, 0.15) is 12.4 Å². The fraction of sp³-hybridized carbons (Fsp3) is 0.235.